The number of nitrogens with one attached hydrogen (secondary N) is 1. The highest BCUT2D eigenvalue weighted by molar-refractivity contribution is 6.36. The first-order valence-electron chi connectivity index (χ1n) is 11.0. The molecule has 3 N–H and O–H groups in total. The normalized spacial score (nSPS) is 14.6. The molecule has 1 aliphatic rings. The molecule has 2 heterocycles. The Morgan fingerprint density at radius 3 is 2.50 bits per heavy atom. The van der Waals surface area contributed by atoms with Crippen molar-refractivity contribution in [1.82, 2.24) is 9.88 Å². The molecule has 0 unspecified atom stereocenters. The number of halogens is 1. The molecule has 1 fully saturated rings. The molecule has 0 atom stereocenters. The summed E-state index contributed by atoms with van der Waals surface area (Å²) in [6.45, 7) is 7.97. The van der Waals surface area contributed by atoms with Gasteiger partial charge >= 0.3 is 0 Å². The molecule has 7 heteroatoms. The molecule has 32 heavy (non-hydrogen) atoms. The monoisotopic (exact) mass is 451 g/mol. The van der Waals surface area contributed by atoms with Crippen molar-refractivity contribution >= 4 is 39.9 Å². The fourth-order valence-electron chi connectivity index (χ4n) is 4.25. The molecular weight excluding hydrogens is 422 g/mol. The molecule has 0 aliphatic carbocycles. The summed E-state index contributed by atoms with van der Waals surface area (Å²) < 4.78 is 0. The van der Waals surface area contributed by atoms with Gasteiger partial charge in [-0.15, -0.1) is 0 Å². The number of piperazine rings is 1. The Bertz CT molecular complexity index is 1090. The molecule has 2 aromatic carbocycles. The number of carbonyl (C=O) groups is 1. The van der Waals surface area contributed by atoms with Gasteiger partial charge in [-0.3, -0.25) is 4.79 Å². The topological polar surface area (TPSA) is 74.5 Å². The van der Waals surface area contributed by atoms with Crippen LogP contribution in [-0.4, -0.2) is 55.1 Å². The number of nitrogens with zero attached hydrogens (tertiary/aromatic N) is 3. The van der Waals surface area contributed by atoms with E-state index in [2.05, 4.69) is 10.2 Å². The number of hydrogen-bond donors (Lipinski definition) is 2. The van der Waals surface area contributed by atoms with Crippen LogP contribution in [-0.2, 0) is 10.2 Å². The highest BCUT2D eigenvalue weighted by Crippen LogP contribution is 2.33. The largest absolute Gasteiger partial charge is 0.383 e. The zero-order valence-corrected chi connectivity index (χ0v) is 19.4. The minimum absolute atomic E-state index is 0.159. The van der Waals surface area contributed by atoms with Gasteiger partial charge in [-0.25, -0.2) is 4.98 Å². The Morgan fingerprint density at radius 1 is 1.09 bits per heavy atom. The van der Waals surface area contributed by atoms with Gasteiger partial charge in [0.1, 0.15) is 5.82 Å². The van der Waals surface area contributed by atoms with Crippen molar-refractivity contribution in [3.8, 4) is 0 Å². The van der Waals surface area contributed by atoms with Crippen LogP contribution in [0.15, 0.2) is 54.6 Å². The van der Waals surface area contributed by atoms with Crippen LogP contribution in [0.4, 0.5) is 11.5 Å². The number of hydrogen-bond acceptors (Lipinski definition) is 5. The first-order valence-corrected chi connectivity index (χ1v) is 11.4. The third-order valence-corrected chi connectivity index (χ3v) is 6.47. The first-order chi connectivity index (χ1) is 15.4. The number of fused-ring (bicyclic) bond motifs is 1. The standard InChI is InChI=1S/C25H30ClN5O/c1-25(2,18-7-4-3-5-8-18)24(32)31-15-13-30(14-16-31)22-17-21(28-12-11-27)23-19(26)9-6-10-20(23)29-22/h3-10,17H,11-16,27H2,1-2H3,(H,28,29). The number of anilines is 2. The molecule has 1 aromatic heterocycles. The van der Waals surface area contributed by atoms with Gasteiger partial charge in [0.25, 0.3) is 0 Å². The summed E-state index contributed by atoms with van der Waals surface area (Å²) in [5.74, 6) is 1.04. The van der Waals surface area contributed by atoms with Crippen molar-refractivity contribution in [3.63, 3.8) is 0 Å². The summed E-state index contributed by atoms with van der Waals surface area (Å²) in [5.41, 5.74) is 7.96. The second kappa shape index (κ2) is 9.35. The second-order valence-corrected chi connectivity index (χ2v) is 9.05. The van der Waals surface area contributed by atoms with Gasteiger partial charge in [-0.1, -0.05) is 48.0 Å². The maximum Gasteiger partial charge on any atom is 0.232 e. The van der Waals surface area contributed by atoms with Crippen LogP contribution < -0.4 is 16.0 Å². The van der Waals surface area contributed by atoms with E-state index in [4.69, 9.17) is 22.3 Å². The van der Waals surface area contributed by atoms with Gasteiger partial charge < -0.3 is 20.9 Å². The van der Waals surface area contributed by atoms with Crippen molar-refractivity contribution < 1.29 is 4.79 Å². The lowest BCUT2D eigenvalue weighted by Gasteiger charge is -2.39. The van der Waals surface area contributed by atoms with E-state index in [0.717, 1.165) is 41.1 Å². The maximum atomic E-state index is 13.3. The third-order valence-electron chi connectivity index (χ3n) is 6.15. The molecule has 3 aromatic rings. The predicted molar refractivity (Wildman–Crippen MR) is 133 cm³/mol. The van der Waals surface area contributed by atoms with Crippen LogP contribution in [0.1, 0.15) is 19.4 Å². The molecule has 4 rings (SSSR count). The summed E-state index contributed by atoms with van der Waals surface area (Å²) in [6, 6.07) is 17.8. The Balaban J connectivity index is 1.52. The summed E-state index contributed by atoms with van der Waals surface area (Å²) >= 11 is 6.46. The molecule has 0 radical (unpaired) electrons. The molecule has 1 saturated heterocycles. The van der Waals surface area contributed by atoms with Crippen molar-refractivity contribution in [1.29, 1.82) is 0 Å². The van der Waals surface area contributed by atoms with Crippen LogP contribution in [0.25, 0.3) is 10.9 Å². The molecule has 0 bridgehead atoms. The Kier molecular flexibility index (Phi) is 6.53. The van der Waals surface area contributed by atoms with Gasteiger partial charge in [-0.2, -0.15) is 0 Å². The molecule has 0 spiro atoms. The maximum absolute atomic E-state index is 13.3. The fraction of sp³-hybridized carbons (Fsp3) is 0.360. The summed E-state index contributed by atoms with van der Waals surface area (Å²) in [7, 11) is 0. The fourth-order valence-corrected chi connectivity index (χ4v) is 4.52. The van der Waals surface area contributed by atoms with E-state index in [1.54, 1.807) is 0 Å². The van der Waals surface area contributed by atoms with Crippen LogP contribution in [0.5, 0.6) is 0 Å². The van der Waals surface area contributed by atoms with E-state index >= 15 is 0 Å². The zero-order valence-electron chi connectivity index (χ0n) is 18.6. The summed E-state index contributed by atoms with van der Waals surface area (Å²) in [5, 5.41) is 4.96. The van der Waals surface area contributed by atoms with Gasteiger partial charge in [0.05, 0.1) is 16.0 Å². The van der Waals surface area contributed by atoms with Crippen LogP contribution in [0, 0.1) is 0 Å². The molecular formula is C25H30ClN5O. The van der Waals surface area contributed by atoms with E-state index in [0.29, 0.717) is 31.2 Å². The molecule has 6 nitrogen and oxygen atoms in total. The van der Waals surface area contributed by atoms with Gasteiger partial charge in [0.15, 0.2) is 0 Å². The first kappa shape index (κ1) is 22.4. The summed E-state index contributed by atoms with van der Waals surface area (Å²) in [4.78, 5) is 22.4. The van der Waals surface area contributed by atoms with E-state index in [-0.39, 0.29) is 5.91 Å². The quantitative estimate of drug-likeness (QED) is 0.594. The van der Waals surface area contributed by atoms with Gasteiger partial charge in [0, 0.05) is 56.4 Å². The minimum atomic E-state index is -0.555. The second-order valence-electron chi connectivity index (χ2n) is 8.65. The van der Waals surface area contributed by atoms with Gasteiger partial charge in [-0.05, 0) is 31.5 Å². The van der Waals surface area contributed by atoms with Gasteiger partial charge in [0.2, 0.25) is 5.91 Å². The Hall–Kier alpha value is -2.83. The van der Waals surface area contributed by atoms with Crippen LogP contribution in [0.3, 0.4) is 0 Å². The molecule has 1 aliphatic heterocycles. The number of aromatic nitrogens is 1. The smallest absolute Gasteiger partial charge is 0.232 e. The zero-order chi connectivity index (χ0) is 22.7. The predicted octanol–water partition coefficient (Wildman–Crippen LogP) is 3.89. The molecule has 1 amide bonds. The van der Waals surface area contributed by atoms with E-state index < -0.39 is 5.41 Å². The lowest BCUT2D eigenvalue weighted by Crippen LogP contribution is -2.53. The van der Waals surface area contributed by atoms with Crippen molar-refractivity contribution in [2.75, 3.05) is 49.5 Å². The third kappa shape index (κ3) is 4.38. The van der Waals surface area contributed by atoms with Crippen molar-refractivity contribution in [2.45, 2.75) is 19.3 Å². The lowest BCUT2D eigenvalue weighted by molar-refractivity contribution is -0.136. The molecule has 0 saturated carbocycles. The Morgan fingerprint density at radius 2 is 1.81 bits per heavy atom. The number of nitrogens with two attached hydrogens (primary N) is 1. The average molecular weight is 452 g/mol. The van der Waals surface area contributed by atoms with Crippen molar-refractivity contribution in [2.24, 2.45) is 5.73 Å². The minimum Gasteiger partial charge on any atom is -0.383 e. The van der Waals surface area contributed by atoms with E-state index in [9.17, 15) is 4.79 Å². The van der Waals surface area contributed by atoms with E-state index in [1.807, 2.05) is 73.3 Å². The number of benzene rings is 2. The molecule has 168 valence electrons. The highest BCUT2D eigenvalue weighted by atomic mass is 35.5. The number of pyridine rings is 1. The lowest BCUT2D eigenvalue weighted by atomic mass is 9.83. The number of amides is 1. The number of rotatable bonds is 6. The number of carbonyl (C=O) groups excluding carboxylic acids is 1. The van der Waals surface area contributed by atoms with Crippen LogP contribution in [0.2, 0.25) is 5.02 Å². The highest BCUT2D eigenvalue weighted by Gasteiger charge is 2.35. The average Bonchev–Trinajstić information content (AvgIpc) is 2.82. The van der Waals surface area contributed by atoms with E-state index in [1.165, 1.54) is 0 Å². The summed E-state index contributed by atoms with van der Waals surface area (Å²) in [6.07, 6.45) is 0. The van der Waals surface area contributed by atoms with Crippen LogP contribution >= 0.6 is 11.6 Å². The van der Waals surface area contributed by atoms with Crippen molar-refractivity contribution in [3.05, 3.63) is 65.2 Å². The SMILES string of the molecule is CC(C)(C(=O)N1CCN(c2cc(NCCN)c3c(Cl)cccc3n2)CC1)c1ccccc1. The Labute approximate surface area is 194 Å².